The van der Waals surface area contributed by atoms with Crippen molar-refractivity contribution in [1.82, 2.24) is 0 Å². The van der Waals surface area contributed by atoms with Crippen molar-refractivity contribution in [3.8, 4) is 0 Å². The molecule has 0 aromatic heterocycles. The largest absolute Gasteiger partial charge is 0.264 e. The average Bonchev–Trinajstić information content (AvgIpc) is 2.05. The third-order valence-corrected chi connectivity index (χ3v) is 1.35. The molecule has 0 saturated carbocycles. The van der Waals surface area contributed by atoms with E-state index < -0.39 is 4.92 Å². The van der Waals surface area contributed by atoms with E-state index >= 15 is 0 Å². The van der Waals surface area contributed by atoms with Gasteiger partial charge in [0.05, 0.1) is 0 Å². The Hall–Kier alpha value is -1.78. The molecule has 0 heterocycles. The Balaban J connectivity index is 2.77. The summed E-state index contributed by atoms with van der Waals surface area (Å²) in [4.78, 5) is 19.6. The van der Waals surface area contributed by atoms with Crippen LogP contribution in [0.1, 0.15) is 5.56 Å². The predicted octanol–water partition coefficient (Wildman–Crippen LogP) is 1.86. The van der Waals surface area contributed by atoms with Gasteiger partial charge in [-0.05, 0) is 17.3 Å². The average molecular weight is 166 g/mol. The van der Waals surface area contributed by atoms with Crippen LogP contribution in [0.2, 0.25) is 0 Å². The van der Waals surface area contributed by atoms with Gasteiger partial charge in [-0.2, -0.15) is 0 Å². The van der Waals surface area contributed by atoms with Crippen molar-refractivity contribution in [2.45, 2.75) is 6.54 Å². The van der Waals surface area contributed by atoms with Crippen molar-refractivity contribution in [2.24, 2.45) is 5.18 Å². The molecule has 0 atom stereocenters. The number of rotatable bonds is 3. The summed E-state index contributed by atoms with van der Waals surface area (Å²) >= 11 is 0. The zero-order chi connectivity index (χ0) is 8.97. The Morgan fingerprint density at radius 1 is 1.33 bits per heavy atom. The van der Waals surface area contributed by atoms with E-state index in [1.165, 1.54) is 24.3 Å². The molecule has 0 aliphatic carbocycles. The van der Waals surface area contributed by atoms with Gasteiger partial charge in [0.2, 0.25) is 6.54 Å². The molecule has 12 heavy (non-hydrogen) atoms. The number of nitro groups is 1. The quantitative estimate of drug-likeness (QED) is 0.390. The molecule has 5 heteroatoms. The number of nitrogens with zero attached hydrogens (tertiary/aromatic N) is 2. The minimum atomic E-state index is -0.427. The molecular formula is C7H6N2O3. The van der Waals surface area contributed by atoms with Gasteiger partial charge in [0.25, 0.3) is 0 Å². The molecule has 1 aromatic carbocycles. The molecule has 0 fully saturated rings. The third kappa shape index (κ3) is 2.12. The summed E-state index contributed by atoms with van der Waals surface area (Å²) in [5.74, 6) is 0. The summed E-state index contributed by atoms with van der Waals surface area (Å²) in [6.45, 7) is -0.223. The maximum atomic E-state index is 10.0. The van der Waals surface area contributed by atoms with E-state index in [2.05, 4.69) is 5.18 Å². The van der Waals surface area contributed by atoms with E-state index in [0.29, 0.717) is 5.56 Å². The molecule has 0 radical (unpaired) electrons. The molecule has 1 aromatic rings. The van der Waals surface area contributed by atoms with Gasteiger partial charge in [-0.25, -0.2) is 0 Å². The Morgan fingerprint density at radius 3 is 2.33 bits per heavy atom. The van der Waals surface area contributed by atoms with Crippen molar-refractivity contribution < 1.29 is 4.92 Å². The SMILES string of the molecule is O=Nc1ccc(C[N+](=O)[O-])cc1. The highest BCUT2D eigenvalue weighted by atomic mass is 16.6. The molecule has 0 aliphatic heterocycles. The van der Waals surface area contributed by atoms with Crippen molar-refractivity contribution in [3.05, 3.63) is 44.9 Å². The number of hydrogen-bond acceptors (Lipinski definition) is 4. The van der Waals surface area contributed by atoms with Crippen LogP contribution in [0.5, 0.6) is 0 Å². The lowest BCUT2D eigenvalue weighted by Crippen LogP contribution is -1.96. The van der Waals surface area contributed by atoms with Gasteiger partial charge in [0.15, 0.2) is 0 Å². The first-order valence-corrected chi connectivity index (χ1v) is 3.26. The maximum Gasteiger partial charge on any atom is 0.228 e. The first kappa shape index (κ1) is 8.32. The fraction of sp³-hybridized carbons (Fsp3) is 0.143. The van der Waals surface area contributed by atoms with Crippen LogP contribution in [0.15, 0.2) is 29.4 Å². The first-order valence-electron chi connectivity index (χ1n) is 3.26. The molecule has 0 amide bonds. The predicted molar refractivity (Wildman–Crippen MR) is 42.6 cm³/mol. The van der Waals surface area contributed by atoms with Gasteiger partial charge in [-0.3, -0.25) is 10.1 Å². The summed E-state index contributed by atoms with van der Waals surface area (Å²) in [7, 11) is 0. The second kappa shape index (κ2) is 3.56. The van der Waals surface area contributed by atoms with Crippen LogP contribution >= 0.6 is 0 Å². The van der Waals surface area contributed by atoms with Crippen LogP contribution in [0.3, 0.4) is 0 Å². The topological polar surface area (TPSA) is 72.6 Å². The highest BCUT2D eigenvalue weighted by Gasteiger charge is 2.00. The van der Waals surface area contributed by atoms with Gasteiger partial charge in [0, 0.05) is 10.5 Å². The molecule has 0 spiro atoms. The highest BCUT2D eigenvalue weighted by Crippen LogP contribution is 2.12. The van der Waals surface area contributed by atoms with Crippen LogP contribution in [-0.4, -0.2) is 4.92 Å². The molecule has 1 rings (SSSR count). The van der Waals surface area contributed by atoms with Crippen molar-refractivity contribution in [3.63, 3.8) is 0 Å². The summed E-state index contributed by atoms with van der Waals surface area (Å²) in [6.07, 6.45) is 0. The lowest BCUT2D eigenvalue weighted by Gasteiger charge is -1.93. The van der Waals surface area contributed by atoms with Gasteiger partial charge < -0.3 is 0 Å². The van der Waals surface area contributed by atoms with Crippen LogP contribution in [0.25, 0.3) is 0 Å². The summed E-state index contributed by atoms with van der Waals surface area (Å²) in [5.41, 5.74) is 0.842. The highest BCUT2D eigenvalue weighted by molar-refractivity contribution is 5.38. The van der Waals surface area contributed by atoms with Gasteiger partial charge >= 0.3 is 0 Å². The lowest BCUT2D eigenvalue weighted by atomic mass is 10.2. The molecule has 62 valence electrons. The zero-order valence-corrected chi connectivity index (χ0v) is 6.14. The van der Waals surface area contributed by atoms with Crippen LogP contribution in [0.4, 0.5) is 5.69 Å². The summed E-state index contributed by atoms with van der Waals surface area (Å²) < 4.78 is 0. The van der Waals surface area contributed by atoms with Crippen molar-refractivity contribution >= 4 is 5.69 Å². The van der Waals surface area contributed by atoms with Gasteiger partial charge in [-0.15, -0.1) is 4.91 Å². The number of hydrogen-bond donors (Lipinski definition) is 0. The standard InChI is InChI=1S/C7H6N2O3/c10-8-7-3-1-6(2-4-7)5-9(11)12/h1-4H,5H2. The molecule has 0 N–H and O–H groups in total. The smallest absolute Gasteiger partial charge is 0.228 e. The van der Waals surface area contributed by atoms with Crippen LogP contribution < -0.4 is 0 Å². The Bertz CT molecular complexity index is 294. The Kier molecular flexibility index (Phi) is 2.47. The molecule has 0 bridgehead atoms. The number of nitroso groups, excluding NO2 is 1. The fourth-order valence-electron chi connectivity index (χ4n) is 0.811. The van der Waals surface area contributed by atoms with E-state index in [4.69, 9.17) is 0 Å². The van der Waals surface area contributed by atoms with Crippen LogP contribution in [-0.2, 0) is 6.54 Å². The van der Waals surface area contributed by atoms with E-state index in [-0.39, 0.29) is 12.2 Å². The number of benzene rings is 1. The molecule has 0 aliphatic rings. The molecule has 0 saturated heterocycles. The maximum absolute atomic E-state index is 10.0. The summed E-state index contributed by atoms with van der Waals surface area (Å²) in [5, 5.41) is 12.7. The van der Waals surface area contributed by atoms with E-state index in [1.54, 1.807) is 0 Å². The second-order valence-electron chi connectivity index (χ2n) is 2.25. The van der Waals surface area contributed by atoms with Crippen molar-refractivity contribution in [2.75, 3.05) is 0 Å². The van der Waals surface area contributed by atoms with Crippen molar-refractivity contribution in [1.29, 1.82) is 0 Å². The van der Waals surface area contributed by atoms with Gasteiger partial charge in [-0.1, -0.05) is 12.1 Å². The van der Waals surface area contributed by atoms with E-state index in [1.807, 2.05) is 0 Å². The normalized spacial score (nSPS) is 9.33. The zero-order valence-electron chi connectivity index (χ0n) is 6.14. The van der Waals surface area contributed by atoms with Crippen LogP contribution in [0, 0.1) is 15.0 Å². The fourth-order valence-corrected chi connectivity index (χ4v) is 0.811. The molecule has 0 unspecified atom stereocenters. The van der Waals surface area contributed by atoms with Gasteiger partial charge in [0.1, 0.15) is 5.69 Å². The lowest BCUT2D eigenvalue weighted by molar-refractivity contribution is -0.496. The molecular weight excluding hydrogens is 160 g/mol. The minimum Gasteiger partial charge on any atom is -0.264 e. The minimum absolute atomic E-state index is 0.223. The van der Waals surface area contributed by atoms with E-state index in [9.17, 15) is 15.0 Å². The summed E-state index contributed by atoms with van der Waals surface area (Å²) in [6, 6.07) is 5.93. The first-order chi connectivity index (χ1) is 5.72. The third-order valence-electron chi connectivity index (χ3n) is 1.35. The monoisotopic (exact) mass is 166 g/mol. The second-order valence-corrected chi connectivity index (χ2v) is 2.25. The Morgan fingerprint density at radius 2 is 1.92 bits per heavy atom. The molecule has 5 nitrogen and oxygen atoms in total. The van der Waals surface area contributed by atoms with E-state index in [0.717, 1.165) is 0 Å². The Labute approximate surface area is 68.1 Å².